The smallest absolute Gasteiger partial charge is 0.239 e. The molecule has 2 rings (SSSR count). The van der Waals surface area contributed by atoms with Crippen molar-refractivity contribution in [2.45, 2.75) is 6.54 Å². The van der Waals surface area contributed by atoms with Gasteiger partial charge in [-0.15, -0.1) is 0 Å². The molecule has 7 nitrogen and oxygen atoms in total. The number of hydrogen-bond acceptors (Lipinski definition) is 7. The van der Waals surface area contributed by atoms with Gasteiger partial charge in [0.1, 0.15) is 5.02 Å². The number of aromatic nitrogens is 3. The van der Waals surface area contributed by atoms with Gasteiger partial charge in [0.25, 0.3) is 0 Å². The van der Waals surface area contributed by atoms with Crippen molar-refractivity contribution in [2.75, 3.05) is 17.9 Å². The second-order valence-corrected chi connectivity index (χ2v) is 4.00. The minimum absolute atomic E-state index is 0.291. The molecule has 100 valence electrons. The maximum Gasteiger partial charge on any atom is 0.239 e. The van der Waals surface area contributed by atoms with E-state index in [0.717, 1.165) is 5.56 Å². The van der Waals surface area contributed by atoms with Gasteiger partial charge in [0.15, 0.2) is 5.82 Å². The van der Waals surface area contributed by atoms with Crippen LogP contribution >= 0.6 is 11.6 Å². The van der Waals surface area contributed by atoms with Crippen LogP contribution in [0.25, 0.3) is 0 Å². The molecule has 2 heterocycles. The number of nitrogens with zero attached hydrogens (tertiary/aromatic N) is 3. The van der Waals surface area contributed by atoms with Gasteiger partial charge in [-0.2, -0.15) is 4.98 Å². The lowest BCUT2D eigenvalue weighted by Crippen LogP contribution is -2.12. The molecular formula is C11H13ClN6O. The molecule has 0 aromatic carbocycles. The van der Waals surface area contributed by atoms with Crippen molar-refractivity contribution in [3.8, 4) is 5.88 Å². The zero-order valence-corrected chi connectivity index (χ0v) is 11.0. The highest BCUT2D eigenvalue weighted by molar-refractivity contribution is 6.32. The highest BCUT2D eigenvalue weighted by Crippen LogP contribution is 2.20. The average molecular weight is 281 g/mol. The zero-order chi connectivity index (χ0) is 13.7. The SMILES string of the molecule is COc1cc(CNc2nc(NN)ncc2Cl)ccn1. The molecule has 0 radical (unpaired) electrons. The van der Waals surface area contributed by atoms with Crippen LogP contribution in [-0.2, 0) is 6.54 Å². The lowest BCUT2D eigenvalue weighted by atomic mass is 10.2. The number of halogens is 1. The van der Waals surface area contributed by atoms with Crippen LogP contribution in [0.5, 0.6) is 5.88 Å². The van der Waals surface area contributed by atoms with Gasteiger partial charge in [-0.1, -0.05) is 11.6 Å². The van der Waals surface area contributed by atoms with Crippen molar-refractivity contribution in [1.29, 1.82) is 0 Å². The Kier molecular flexibility index (Phi) is 4.32. The van der Waals surface area contributed by atoms with Gasteiger partial charge < -0.3 is 10.1 Å². The van der Waals surface area contributed by atoms with Gasteiger partial charge in [0.2, 0.25) is 11.8 Å². The summed E-state index contributed by atoms with van der Waals surface area (Å²) in [6.45, 7) is 0.527. The van der Waals surface area contributed by atoms with Gasteiger partial charge >= 0.3 is 0 Å². The molecule has 2 aromatic rings. The highest BCUT2D eigenvalue weighted by atomic mass is 35.5. The molecule has 0 saturated heterocycles. The van der Waals surface area contributed by atoms with Crippen LogP contribution < -0.4 is 21.3 Å². The van der Waals surface area contributed by atoms with E-state index in [9.17, 15) is 0 Å². The molecule has 0 spiro atoms. The number of hydrogen-bond donors (Lipinski definition) is 3. The molecule has 0 saturated carbocycles. The first-order valence-corrected chi connectivity index (χ1v) is 5.82. The van der Waals surface area contributed by atoms with Gasteiger partial charge in [-0.05, 0) is 11.6 Å². The molecule has 0 aliphatic carbocycles. The molecule has 0 unspecified atom stereocenters. The van der Waals surface area contributed by atoms with E-state index in [1.807, 2.05) is 12.1 Å². The third-order valence-corrected chi connectivity index (χ3v) is 2.62. The standard InChI is InChI=1S/C11H13ClN6O/c1-19-9-4-7(2-3-14-9)5-15-10-8(12)6-16-11(17-10)18-13/h2-4,6H,5,13H2,1H3,(H2,15,16,17,18). The number of hydrazine groups is 1. The highest BCUT2D eigenvalue weighted by Gasteiger charge is 2.05. The number of nitrogens with two attached hydrogens (primary N) is 1. The monoisotopic (exact) mass is 280 g/mol. The Morgan fingerprint density at radius 3 is 3.00 bits per heavy atom. The number of methoxy groups -OCH3 is 1. The second-order valence-electron chi connectivity index (χ2n) is 3.59. The summed E-state index contributed by atoms with van der Waals surface area (Å²) in [6, 6.07) is 3.69. The second kappa shape index (κ2) is 6.17. The Morgan fingerprint density at radius 2 is 2.26 bits per heavy atom. The Balaban J connectivity index is 2.09. The van der Waals surface area contributed by atoms with Crippen molar-refractivity contribution in [3.05, 3.63) is 35.1 Å². The normalized spacial score (nSPS) is 10.1. The Hall–Kier alpha value is -2.12. The summed E-state index contributed by atoms with van der Waals surface area (Å²) < 4.78 is 5.05. The minimum atomic E-state index is 0.291. The molecule has 0 aliphatic rings. The minimum Gasteiger partial charge on any atom is -0.481 e. The lowest BCUT2D eigenvalue weighted by molar-refractivity contribution is 0.397. The molecule has 2 aromatic heterocycles. The summed E-state index contributed by atoms with van der Waals surface area (Å²) in [7, 11) is 1.57. The largest absolute Gasteiger partial charge is 0.481 e. The third kappa shape index (κ3) is 3.43. The average Bonchev–Trinajstić information content (AvgIpc) is 2.46. The van der Waals surface area contributed by atoms with Gasteiger partial charge in [0, 0.05) is 18.8 Å². The number of anilines is 2. The van der Waals surface area contributed by atoms with Gasteiger partial charge in [-0.25, -0.2) is 15.8 Å². The van der Waals surface area contributed by atoms with Crippen LogP contribution in [0.2, 0.25) is 5.02 Å². The molecule has 0 amide bonds. The van der Waals surface area contributed by atoms with Gasteiger partial charge in [0.05, 0.1) is 13.3 Å². The summed E-state index contributed by atoms with van der Waals surface area (Å²) in [5.74, 6) is 6.59. The van der Waals surface area contributed by atoms with Crippen molar-refractivity contribution in [1.82, 2.24) is 15.0 Å². The Morgan fingerprint density at radius 1 is 1.42 bits per heavy atom. The summed E-state index contributed by atoms with van der Waals surface area (Å²) in [4.78, 5) is 12.0. The summed E-state index contributed by atoms with van der Waals surface area (Å²) >= 11 is 5.98. The van der Waals surface area contributed by atoms with E-state index in [0.29, 0.717) is 29.2 Å². The van der Waals surface area contributed by atoms with E-state index < -0.39 is 0 Å². The van der Waals surface area contributed by atoms with Crippen LogP contribution in [-0.4, -0.2) is 22.1 Å². The fourth-order valence-corrected chi connectivity index (χ4v) is 1.58. The fourth-order valence-electron chi connectivity index (χ4n) is 1.42. The molecule has 19 heavy (non-hydrogen) atoms. The summed E-state index contributed by atoms with van der Waals surface area (Å²) in [5.41, 5.74) is 3.35. The van der Waals surface area contributed by atoms with E-state index in [4.69, 9.17) is 22.2 Å². The quantitative estimate of drug-likeness (QED) is 0.563. The van der Waals surface area contributed by atoms with Crippen molar-refractivity contribution in [2.24, 2.45) is 5.84 Å². The fraction of sp³-hybridized carbons (Fsp3) is 0.182. The number of rotatable bonds is 5. The number of nitrogens with one attached hydrogen (secondary N) is 2. The zero-order valence-electron chi connectivity index (χ0n) is 10.2. The van der Waals surface area contributed by atoms with Crippen molar-refractivity contribution in [3.63, 3.8) is 0 Å². The first-order chi connectivity index (χ1) is 9.22. The van der Waals surface area contributed by atoms with Crippen molar-refractivity contribution < 1.29 is 4.74 Å². The van der Waals surface area contributed by atoms with Crippen molar-refractivity contribution >= 4 is 23.4 Å². The van der Waals surface area contributed by atoms with Gasteiger partial charge in [-0.3, -0.25) is 5.43 Å². The summed E-state index contributed by atoms with van der Waals surface area (Å²) in [5, 5.41) is 3.51. The molecule has 4 N–H and O–H groups in total. The van der Waals surface area contributed by atoms with E-state index in [1.165, 1.54) is 6.20 Å². The maximum atomic E-state index is 5.98. The number of ether oxygens (including phenoxy) is 1. The molecule has 0 bridgehead atoms. The summed E-state index contributed by atoms with van der Waals surface area (Å²) in [6.07, 6.45) is 3.14. The Bertz CT molecular complexity index is 565. The van der Waals surface area contributed by atoms with Crippen LogP contribution in [0.3, 0.4) is 0 Å². The first-order valence-electron chi connectivity index (χ1n) is 5.45. The van der Waals surface area contributed by atoms with E-state index in [2.05, 4.69) is 25.7 Å². The molecular weight excluding hydrogens is 268 g/mol. The van der Waals surface area contributed by atoms with E-state index in [1.54, 1.807) is 13.3 Å². The molecule has 8 heteroatoms. The van der Waals surface area contributed by atoms with Crippen LogP contribution in [0.1, 0.15) is 5.56 Å². The molecule has 0 fully saturated rings. The van der Waals surface area contributed by atoms with E-state index in [-0.39, 0.29) is 0 Å². The topological polar surface area (TPSA) is 98.0 Å². The number of nitrogen functional groups attached to an aromatic ring is 1. The first kappa shape index (κ1) is 13.3. The Labute approximate surface area is 115 Å². The molecule has 0 aliphatic heterocycles. The maximum absolute atomic E-state index is 5.98. The number of pyridine rings is 1. The third-order valence-electron chi connectivity index (χ3n) is 2.34. The predicted molar refractivity (Wildman–Crippen MR) is 73.0 cm³/mol. The van der Waals surface area contributed by atoms with E-state index >= 15 is 0 Å². The van der Waals surface area contributed by atoms with Crippen LogP contribution in [0, 0.1) is 0 Å². The van der Waals surface area contributed by atoms with Crippen LogP contribution in [0.15, 0.2) is 24.5 Å². The molecule has 0 atom stereocenters. The van der Waals surface area contributed by atoms with Crippen LogP contribution in [0.4, 0.5) is 11.8 Å². The predicted octanol–water partition coefficient (Wildman–Crippen LogP) is 1.43. The lowest BCUT2D eigenvalue weighted by Gasteiger charge is -2.09.